The Morgan fingerprint density at radius 3 is 2.58 bits per heavy atom. The summed E-state index contributed by atoms with van der Waals surface area (Å²) in [5.74, 6) is 0. The van der Waals surface area contributed by atoms with E-state index in [2.05, 4.69) is 4.90 Å². The lowest BCUT2D eigenvalue weighted by atomic mass is 10.2. The van der Waals surface area contributed by atoms with Crippen molar-refractivity contribution in [3.8, 4) is 0 Å². The predicted molar refractivity (Wildman–Crippen MR) is 49.1 cm³/mol. The second kappa shape index (κ2) is 8.68. The molecule has 3 nitrogen and oxygen atoms in total. The van der Waals surface area contributed by atoms with Gasteiger partial charge in [-0.1, -0.05) is 0 Å². The van der Waals surface area contributed by atoms with Crippen molar-refractivity contribution in [3.63, 3.8) is 0 Å². The molecule has 0 unspecified atom stereocenters. The van der Waals surface area contributed by atoms with E-state index in [9.17, 15) is 4.79 Å². The lowest BCUT2D eigenvalue weighted by Crippen LogP contribution is -2.21. The summed E-state index contributed by atoms with van der Waals surface area (Å²) in [7, 11) is 2.02. The molecule has 0 atom stereocenters. The first kappa shape index (κ1) is 11.6. The smallest absolute Gasteiger partial charge is 0.121 e. The van der Waals surface area contributed by atoms with Crippen LogP contribution in [0.3, 0.4) is 0 Å². The van der Waals surface area contributed by atoms with Crippen LogP contribution >= 0.6 is 0 Å². The largest absolute Gasteiger partial charge is 0.396 e. The number of rotatable bonds is 8. The van der Waals surface area contributed by atoms with Gasteiger partial charge in [0.25, 0.3) is 0 Å². The molecule has 0 fully saturated rings. The molecular weight excluding hydrogens is 154 g/mol. The van der Waals surface area contributed by atoms with Crippen molar-refractivity contribution in [1.29, 1.82) is 0 Å². The molecule has 72 valence electrons. The molecule has 0 aromatic heterocycles. The molecule has 0 aliphatic rings. The number of nitrogens with zero attached hydrogens (tertiary/aromatic N) is 1. The number of unbranched alkanes of at least 4 members (excludes halogenated alkanes) is 2. The molecule has 0 saturated heterocycles. The van der Waals surface area contributed by atoms with Crippen LogP contribution < -0.4 is 0 Å². The fraction of sp³-hybridized carbons (Fsp3) is 0.889. The van der Waals surface area contributed by atoms with Crippen LogP contribution in [0, 0.1) is 0 Å². The predicted octanol–water partition coefficient (Wildman–Crippen LogP) is 0.670. The fourth-order valence-corrected chi connectivity index (χ4v) is 1.06. The Kier molecular flexibility index (Phi) is 8.39. The van der Waals surface area contributed by atoms with Gasteiger partial charge in [-0.25, -0.2) is 0 Å². The quantitative estimate of drug-likeness (QED) is 0.433. The van der Waals surface area contributed by atoms with Crippen LogP contribution in [0.15, 0.2) is 0 Å². The maximum absolute atomic E-state index is 10.0. The molecule has 0 aliphatic carbocycles. The van der Waals surface area contributed by atoms with Crippen LogP contribution in [0.1, 0.15) is 25.7 Å². The van der Waals surface area contributed by atoms with Gasteiger partial charge in [-0.15, -0.1) is 0 Å². The minimum absolute atomic E-state index is 0.290. The van der Waals surface area contributed by atoms with Crippen molar-refractivity contribution in [1.82, 2.24) is 4.90 Å². The molecule has 0 amide bonds. The highest BCUT2D eigenvalue weighted by atomic mass is 16.2. The number of aliphatic hydroxyl groups is 1. The zero-order valence-corrected chi connectivity index (χ0v) is 7.83. The summed E-state index contributed by atoms with van der Waals surface area (Å²) in [5.41, 5.74) is 0. The summed E-state index contributed by atoms with van der Waals surface area (Å²) in [5, 5.41) is 8.51. The molecule has 0 radical (unpaired) electrons. The Hall–Kier alpha value is -0.410. The summed E-state index contributed by atoms with van der Waals surface area (Å²) in [6, 6.07) is 0. The number of carbonyl (C=O) groups is 1. The minimum atomic E-state index is 0.290. The summed E-state index contributed by atoms with van der Waals surface area (Å²) < 4.78 is 0. The second-order valence-electron chi connectivity index (χ2n) is 3.04. The van der Waals surface area contributed by atoms with Crippen molar-refractivity contribution >= 4 is 6.29 Å². The van der Waals surface area contributed by atoms with Crippen LogP contribution in [0.2, 0.25) is 0 Å². The Bertz CT molecular complexity index is 107. The van der Waals surface area contributed by atoms with E-state index in [4.69, 9.17) is 5.11 Å². The zero-order valence-electron chi connectivity index (χ0n) is 7.83. The van der Waals surface area contributed by atoms with Crippen molar-refractivity contribution < 1.29 is 9.90 Å². The van der Waals surface area contributed by atoms with E-state index < -0.39 is 0 Å². The Balaban J connectivity index is 3.07. The topological polar surface area (TPSA) is 40.5 Å². The van der Waals surface area contributed by atoms with E-state index in [0.29, 0.717) is 6.42 Å². The molecular formula is C9H19NO2. The van der Waals surface area contributed by atoms with E-state index in [1.54, 1.807) is 0 Å². The van der Waals surface area contributed by atoms with Gasteiger partial charge in [-0.05, 0) is 32.9 Å². The molecule has 0 bridgehead atoms. The third-order valence-corrected chi connectivity index (χ3v) is 1.83. The first-order chi connectivity index (χ1) is 5.81. The molecule has 0 aliphatic heterocycles. The first-order valence-corrected chi connectivity index (χ1v) is 4.54. The highest BCUT2D eigenvalue weighted by Crippen LogP contribution is 1.96. The van der Waals surface area contributed by atoms with Gasteiger partial charge in [0.1, 0.15) is 6.29 Å². The Morgan fingerprint density at radius 2 is 2.00 bits per heavy atom. The van der Waals surface area contributed by atoms with Crippen molar-refractivity contribution in [3.05, 3.63) is 0 Å². The molecule has 0 rings (SSSR count). The van der Waals surface area contributed by atoms with E-state index in [0.717, 1.165) is 38.6 Å². The van der Waals surface area contributed by atoms with E-state index in [-0.39, 0.29) is 6.61 Å². The van der Waals surface area contributed by atoms with Gasteiger partial charge in [0, 0.05) is 19.6 Å². The number of carbonyl (C=O) groups excluding carboxylic acids is 1. The summed E-state index contributed by atoms with van der Waals surface area (Å²) in [6.45, 7) is 2.16. The van der Waals surface area contributed by atoms with Crippen molar-refractivity contribution in [2.24, 2.45) is 0 Å². The summed E-state index contributed by atoms with van der Waals surface area (Å²) in [6.07, 6.45) is 4.64. The monoisotopic (exact) mass is 173 g/mol. The average Bonchev–Trinajstić information content (AvgIpc) is 2.09. The van der Waals surface area contributed by atoms with Crippen molar-refractivity contribution in [2.75, 3.05) is 26.7 Å². The standard InChI is InChI=1S/C9H19NO2/c1-10(7-5-9-12)6-3-2-4-8-11/h9,11H,2-8H2,1H3. The van der Waals surface area contributed by atoms with Crippen LogP contribution in [-0.4, -0.2) is 43.0 Å². The van der Waals surface area contributed by atoms with Gasteiger partial charge < -0.3 is 14.8 Å². The number of aliphatic hydroxyl groups excluding tert-OH is 1. The molecule has 0 spiro atoms. The van der Waals surface area contributed by atoms with Crippen molar-refractivity contribution in [2.45, 2.75) is 25.7 Å². The van der Waals surface area contributed by atoms with Gasteiger partial charge in [0.15, 0.2) is 0 Å². The molecule has 0 aromatic carbocycles. The number of hydrogen-bond acceptors (Lipinski definition) is 3. The van der Waals surface area contributed by atoms with Crippen LogP contribution in [0.4, 0.5) is 0 Å². The van der Waals surface area contributed by atoms with E-state index in [1.807, 2.05) is 7.05 Å². The first-order valence-electron chi connectivity index (χ1n) is 4.54. The van der Waals surface area contributed by atoms with E-state index >= 15 is 0 Å². The SMILES string of the molecule is CN(CCC=O)CCCCCO. The summed E-state index contributed by atoms with van der Waals surface area (Å²) >= 11 is 0. The van der Waals surface area contributed by atoms with Crippen LogP contribution in [0.25, 0.3) is 0 Å². The maximum atomic E-state index is 10.0. The van der Waals surface area contributed by atoms with Crippen LogP contribution in [-0.2, 0) is 4.79 Å². The van der Waals surface area contributed by atoms with Gasteiger partial charge in [0.05, 0.1) is 0 Å². The zero-order chi connectivity index (χ0) is 9.23. The van der Waals surface area contributed by atoms with Gasteiger partial charge >= 0.3 is 0 Å². The van der Waals surface area contributed by atoms with Crippen LogP contribution in [0.5, 0.6) is 0 Å². The highest BCUT2D eigenvalue weighted by Gasteiger charge is 1.96. The lowest BCUT2D eigenvalue weighted by molar-refractivity contribution is -0.108. The minimum Gasteiger partial charge on any atom is -0.396 e. The summed E-state index contributed by atoms with van der Waals surface area (Å²) in [4.78, 5) is 12.2. The average molecular weight is 173 g/mol. The van der Waals surface area contributed by atoms with Gasteiger partial charge in [0.2, 0.25) is 0 Å². The lowest BCUT2D eigenvalue weighted by Gasteiger charge is -2.14. The van der Waals surface area contributed by atoms with Gasteiger partial charge in [-0.3, -0.25) is 0 Å². The number of hydrogen-bond donors (Lipinski definition) is 1. The Morgan fingerprint density at radius 1 is 1.25 bits per heavy atom. The third kappa shape index (κ3) is 7.69. The fourth-order valence-electron chi connectivity index (χ4n) is 1.06. The maximum Gasteiger partial charge on any atom is 0.121 e. The molecule has 0 heterocycles. The highest BCUT2D eigenvalue weighted by molar-refractivity contribution is 5.49. The molecule has 0 saturated carbocycles. The van der Waals surface area contributed by atoms with E-state index in [1.165, 1.54) is 0 Å². The Labute approximate surface area is 74.4 Å². The molecule has 1 N–H and O–H groups in total. The molecule has 0 aromatic rings. The molecule has 12 heavy (non-hydrogen) atoms. The molecule has 3 heteroatoms. The third-order valence-electron chi connectivity index (χ3n) is 1.83. The van der Waals surface area contributed by atoms with Gasteiger partial charge in [-0.2, -0.15) is 0 Å². The second-order valence-corrected chi connectivity index (χ2v) is 3.04. The number of aldehydes is 1. The normalized spacial score (nSPS) is 10.6.